The van der Waals surface area contributed by atoms with Crippen LogP contribution in [0.2, 0.25) is 0 Å². The lowest BCUT2D eigenvalue weighted by molar-refractivity contribution is -0.119. The normalized spacial score (nSPS) is 12.1. The second-order valence-electron chi connectivity index (χ2n) is 5.32. The quantitative estimate of drug-likeness (QED) is 0.841. The molecular formula is C14H16N4O. The van der Waals surface area contributed by atoms with Crippen molar-refractivity contribution in [2.24, 2.45) is 11.1 Å². The molecule has 1 rings (SSSR count). The fraction of sp³-hybridized carbons (Fsp3) is 0.357. The minimum absolute atomic E-state index is 0.227. The Morgan fingerprint density at radius 1 is 1.26 bits per heavy atom. The Kier molecular flexibility index (Phi) is 4.26. The molecule has 0 heterocycles. The van der Waals surface area contributed by atoms with E-state index in [0.717, 1.165) is 0 Å². The molecule has 0 aliphatic carbocycles. The third-order valence-electron chi connectivity index (χ3n) is 2.74. The first-order valence-corrected chi connectivity index (χ1v) is 5.80. The zero-order valence-corrected chi connectivity index (χ0v) is 11.2. The van der Waals surface area contributed by atoms with Gasteiger partial charge in [-0.2, -0.15) is 10.5 Å². The molecule has 0 radical (unpaired) electrons. The van der Waals surface area contributed by atoms with Crippen LogP contribution in [0.25, 0.3) is 0 Å². The summed E-state index contributed by atoms with van der Waals surface area (Å²) in [5.41, 5.74) is 6.45. The molecule has 5 heteroatoms. The summed E-state index contributed by atoms with van der Waals surface area (Å²) in [6.07, 6.45) is 0. The number of carbonyl (C=O) groups is 1. The van der Waals surface area contributed by atoms with Crippen LogP contribution in [0, 0.1) is 28.1 Å². The van der Waals surface area contributed by atoms with Crippen molar-refractivity contribution < 1.29 is 4.79 Å². The number of nitrogens with one attached hydrogen (secondary N) is 1. The highest BCUT2D eigenvalue weighted by atomic mass is 16.2. The number of nitrogens with zero attached hydrogens (tertiary/aromatic N) is 2. The van der Waals surface area contributed by atoms with E-state index in [1.165, 1.54) is 12.1 Å². The summed E-state index contributed by atoms with van der Waals surface area (Å²) in [5, 5.41) is 20.4. The molecule has 0 aliphatic heterocycles. The molecule has 0 saturated heterocycles. The molecule has 0 bridgehead atoms. The molecule has 5 nitrogen and oxygen atoms in total. The van der Waals surface area contributed by atoms with Crippen LogP contribution in [0.3, 0.4) is 0 Å². The second kappa shape index (κ2) is 5.51. The zero-order chi connectivity index (χ0) is 14.6. The van der Waals surface area contributed by atoms with Gasteiger partial charge in [-0.25, -0.2) is 0 Å². The van der Waals surface area contributed by atoms with E-state index in [1.807, 2.05) is 32.9 Å². The minimum atomic E-state index is -0.659. The molecule has 0 saturated carbocycles. The Labute approximate surface area is 112 Å². The van der Waals surface area contributed by atoms with Gasteiger partial charge in [0.15, 0.2) is 0 Å². The maximum atomic E-state index is 11.9. The number of rotatable bonds is 2. The first-order chi connectivity index (χ1) is 8.79. The van der Waals surface area contributed by atoms with Crippen molar-refractivity contribution in [3.63, 3.8) is 0 Å². The molecule has 0 aliphatic rings. The SMILES string of the molecule is CC(C)(C)[C@H](N)C(=O)Nc1ccc(C#N)c(C#N)c1. The average molecular weight is 256 g/mol. The van der Waals surface area contributed by atoms with Gasteiger partial charge >= 0.3 is 0 Å². The van der Waals surface area contributed by atoms with Gasteiger partial charge in [0.05, 0.1) is 17.2 Å². The number of benzene rings is 1. The predicted molar refractivity (Wildman–Crippen MR) is 71.9 cm³/mol. The van der Waals surface area contributed by atoms with E-state index in [-0.39, 0.29) is 22.4 Å². The molecule has 1 aromatic carbocycles. The van der Waals surface area contributed by atoms with Crippen LogP contribution in [-0.4, -0.2) is 11.9 Å². The van der Waals surface area contributed by atoms with E-state index in [1.54, 1.807) is 6.07 Å². The van der Waals surface area contributed by atoms with Crippen molar-refractivity contribution >= 4 is 11.6 Å². The van der Waals surface area contributed by atoms with Gasteiger partial charge < -0.3 is 11.1 Å². The first kappa shape index (κ1) is 14.7. The van der Waals surface area contributed by atoms with Gasteiger partial charge in [-0.1, -0.05) is 20.8 Å². The smallest absolute Gasteiger partial charge is 0.241 e. The van der Waals surface area contributed by atoms with Gasteiger partial charge in [0, 0.05) is 5.69 Å². The molecule has 0 aromatic heterocycles. The highest BCUT2D eigenvalue weighted by Gasteiger charge is 2.27. The molecule has 0 spiro atoms. The Hall–Kier alpha value is -2.37. The monoisotopic (exact) mass is 256 g/mol. The van der Waals surface area contributed by atoms with Crippen LogP contribution in [0.5, 0.6) is 0 Å². The summed E-state index contributed by atoms with van der Waals surface area (Å²) in [4.78, 5) is 11.9. The van der Waals surface area contributed by atoms with Gasteiger partial charge in [0.1, 0.15) is 12.1 Å². The number of nitriles is 2. The maximum Gasteiger partial charge on any atom is 0.241 e. The fourth-order valence-electron chi connectivity index (χ4n) is 1.43. The predicted octanol–water partition coefficient (Wildman–Crippen LogP) is 1.74. The number of amides is 1. The fourth-order valence-corrected chi connectivity index (χ4v) is 1.43. The maximum absolute atomic E-state index is 11.9. The number of nitrogens with two attached hydrogens (primary N) is 1. The number of carbonyl (C=O) groups excluding carboxylic acids is 1. The lowest BCUT2D eigenvalue weighted by Crippen LogP contribution is -2.45. The first-order valence-electron chi connectivity index (χ1n) is 5.80. The van der Waals surface area contributed by atoms with Crippen LogP contribution in [-0.2, 0) is 4.79 Å². The summed E-state index contributed by atoms with van der Waals surface area (Å²) in [5.74, 6) is -0.318. The summed E-state index contributed by atoms with van der Waals surface area (Å²) >= 11 is 0. The van der Waals surface area contributed by atoms with E-state index in [4.69, 9.17) is 16.3 Å². The van der Waals surface area contributed by atoms with Crippen molar-refractivity contribution in [1.82, 2.24) is 0 Å². The van der Waals surface area contributed by atoms with Gasteiger partial charge in [-0.15, -0.1) is 0 Å². The molecule has 1 atom stereocenters. The molecule has 98 valence electrons. The highest BCUT2D eigenvalue weighted by molar-refractivity contribution is 5.95. The summed E-state index contributed by atoms with van der Waals surface area (Å²) < 4.78 is 0. The molecule has 0 fully saturated rings. The number of anilines is 1. The largest absolute Gasteiger partial charge is 0.325 e. The molecule has 19 heavy (non-hydrogen) atoms. The van der Waals surface area contributed by atoms with Gasteiger partial charge in [0.2, 0.25) is 5.91 Å². The van der Waals surface area contributed by atoms with E-state index in [0.29, 0.717) is 5.69 Å². The molecule has 0 unspecified atom stereocenters. The topological polar surface area (TPSA) is 103 Å². The van der Waals surface area contributed by atoms with Gasteiger partial charge in [0.25, 0.3) is 0 Å². The molecule has 3 N–H and O–H groups in total. The van der Waals surface area contributed by atoms with E-state index >= 15 is 0 Å². The van der Waals surface area contributed by atoms with E-state index in [9.17, 15) is 4.79 Å². The van der Waals surface area contributed by atoms with Gasteiger partial charge in [-0.05, 0) is 23.6 Å². The number of hydrogen-bond donors (Lipinski definition) is 2. The van der Waals surface area contributed by atoms with Crippen LogP contribution < -0.4 is 11.1 Å². The van der Waals surface area contributed by atoms with E-state index in [2.05, 4.69) is 5.32 Å². The minimum Gasteiger partial charge on any atom is -0.325 e. The van der Waals surface area contributed by atoms with Gasteiger partial charge in [-0.3, -0.25) is 4.79 Å². The van der Waals surface area contributed by atoms with Crippen molar-refractivity contribution in [3.8, 4) is 12.1 Å². The van der Waals surface area contributed by atoms with Crippen LogP contribution in [0.1, 0.15) is 31.9 Å². The van der Waals surface area contributed by atoms with Crippen LogP contribution in [0.15, 0.2) is 18.2 Å². The summed E-state index contributed by atoms with van der Waals surface area (Å²) in [7, 11) is 0. The third-order valence-corrected chi connectivity index (χ3v) is 2.74. The van der Waals surface area contributed by atoms with Crippen LogP contribution >= 0.6 is 0 Å². The molecule has 1 amide bonds. The Balaban J connectivity index is 2.94. The van der Waals surface area contributed by atoms with Crippen molar-refractivity contribution in [2.75, 3.05) is 5.32 Å². The van der Waals surface area contributed by atoms with Crippen LogP contribution in [0.4, 0.5) is 5.69 Å². The Morgan fingerprint density at radius 2 is 1.84 bits per heavy atom. The third kappa shape index (κ3) is 3.54. The standard InChI is InChI=1S/C14H16N4O/c1-14(2,3)12(17)13(19)18-11-5-4-9(7-15)10(6-11)8-16/h4-6,12H,17H2,1-3H3,(H,18,19)/t12-/m1/s1. The van der Waals surface area contributed by atoms with E-state index < -0.39 is 6.04 Å². The number of hydrogen-bond acceptors (Lipinski definition) is 4. The average Bonchev–Trinajstić information content (AvgIpc) is 2.36. The zero-order valence-electron chi connectivity index (χ0n) is 11.2. The summed E-state index contributed by atoms with van der Waals surface area (Å²) in [6, 6.07) is 7.71. The molecule has 1 aromatic rings. The lowest BCUT2D eigenvalue weighted by atomic mass is 9.87. The van der Waals surface area contributed by atoms with Crippen molar-refractivity contribution in [2.45, 2.75) is 26.8 Å². The van der Waals surface area contributed by atoms with Crippen molar-refractivity contribution in [3.05, 3.63) is 29.3 Å². The molecular weight excluding hydrogens is 240 g/mol. The highest BCUT2D eigenvalue weighted by Crippen LogP contribution is 2.20. The summed E-state index contributed by atoms with van der Waals surface area (Å²) in [6.45, 7) is 5.62. The lowest BCUT2D eigenvalue weighted by Gasteiger charge is -2.25. The Morgan fingerprint density at radius 3 is 2.32 bits per heavy atom. The second-order valence-corrected chi connectivity index (χ2v) is 5.32. The van der Waals surface area contributed by atoms with Crippen molar-refractivity contribution in [1.29, 1.82) is 10.5 Å². The Bertz CT molecular complexity index is 573.